The van der Waals surface area contributed by atoms with Crippen molar-refractivity contribution in [2.24, 2.45) is 0 Å². The molecule has 0 unspecified atom stereocenters. The number of piperazine rings is 1. The summed E-state index contributed by atoms with van der Waals surface area (Å²) in [6.07, 6.45) is 1.79. The minimum Gasteiger partial charge on any atom is -0.508 e. The van der Waals surface area contributed by atoms with Crippen molar-refractivity contribution in [3.05, 3.63) is 54.4 Å². The molecule has 1 N–H and O–H groups in total. The van der Waals surface area contributed by atoms with Gasteiger partial charge >= 0.3 is 0 Å². The lowest BCUT2D eigenvalue weighted by molar-refractivity contribution is -0.133. The minimum atomic E-state index is 0.217. The molecule has 0 bridgehead atoms. The molecule has 0 radical (unpaired) electrons. The van der Waals surface area contributed by atoms with Gasteiger partial charge in [-0.05, 0) is 49.2 Å². The first kappa shape index (κ1) is 19.9. The fraction of sp³-hybridized carbons (Fsp3) is 0.417. The van der Waals surface area contributed by atoms with Crippen molar-refractivity contribution in [1.29, 1.82) is 0 Å². The zero-order valence-electron chi connectivity index (χ0n) is 17.6. The topological polar surface area (TPSA) is 73.1 Å². The second-order valence-electron chi connectivity index (χ2n) is 8.45. The summed E-state index contributed by atoms with van der Waals surface area (Å²) in [4.78, 5) is 24.0. The molecule has 1 aromatic heterocycles. The molecule has 0 aliphatic carbocycles. The number of amides is 1. The standard InChI is InChI=1S/C24H28N4O3/c29-20-7-5-19(6-8-20)27-15-13-26(14-16-27)17-23(30)28-11-9-18(10-12-28)24-25-21-3-1-2-4-22(21)31-24/h1-8,18,29H,9-17H2. The first-order valence-corrected chi connectivity index (χ1v) is 11.1. The van der Waals surface area contributed by atoms with Gasteiger partial charge in [0.2, 0.25) is 5.91 Å². The molecule has 162 valence electrons. The van der Waals surface area contributed by atoms with Crippen LogP contribution in [-0.4, -0.2) is 71.6 Å². The number of oxazole rings is 1. The Balaban J connectivity index is 1.10. The number of aromatic nitrogens is 1. The summed E-state index contributed by atoms with van der Waals surface area (Å²) in [5, 5.41) is 9.46. The molecule has 3 heterocycles. The van der Waals surface area contributed by atoms with E-state index in [2.05, 4.69) is 14.8 Å². The predicted molar refractivity (Wildman–Crippen MR) is 119 cm³/mol. The van der Waals surface area contributed by atoms with E-state index in [1.54, 1.807) is 12.1 Å². The molecule has 2 aromatic carbocycles. The Labute approximate surface area is 181 Å². The van der Waals surface area contributed by atoms with Gasteiger partial charge in [-0.3, -0.25) is 9.69 Å². The van der Waals surface area contributed by atoms with Gasteiger partial charge < -0.3 is 19.3 Å². The van der Waals surface area contributed by atoms with Crippen LogP contribution in [0.2, 0.25) is 0 Å². The minimum absolute atomic E-state index is 0.217. The summed E-state index contributed by atoms with van der Waals surface area (Å²) in [6, 6.07) is 15.2. The van der Waals surface area contributed by atoms with Crippen molar-refractivity contribution in [3.63, 3.8) is 0 Å². The fourth-order valence-corrected chi connectivity index (χ4v) is 4.56. The Morgan fingerprint density at radius 2 is 1.68 bits per heavy atom. The van der Waals surface area contributed by atoms with Crippen LogP contribution in [0.4, 0.5) is 5.69 Å². The van der Waals surface area contributed by atoms with Crippen molar-refractivity contribution in [2.75, 3.05) is 50.7 Å². The first-order valence-electron chi connectivity index (χ1n) is 11.1. The number of rotatable bonds is 4. The maximum absolute atomic E-state index is 12.8. The van der Waals surface area contributed by atoms with Crippen LogP contribution in [0.1, 0.15) is 24.7 Å². The maximum Gasteiger partial charge on any atom is 0.236 e. The largest absolute Gasteiger partial charge is 0.508 e. The van der Waals surface area contributed by atoms with Gasteiger partial charge in [-0.1, -0.05) is 12.1 Å². The number of carbonyl (C=O) groups is 1. The molecule has 0 atom stereocenters. The lowest BCUT2D eigenvalue weighted by atomic mass is 9.96. The third-order valence-corrected chi connectivity index (χ3v) is 6.45. The molecule has 2 fully saturated rings. The third-order valence-electron chi connectivity index (χ3n) is 6.45. The van der Waals surface area contributed by atoms with Gasteiger partial charge in [0, 0.05) is 50.9 Å². The van der Waals surface area contributed by atoms with Crippen molar-refractivity contribution in [3.8, 4) is 5.75 Å². The number of nitrogens with zero attached hydrogens (tertiary/aromatic N) is 4. The van der Waals surface area contributed by atoms with E-state index in [0.717, 1.165) is 74.8 Å². The summed E-state index contributed by atoms with van der Waals surface area (Å²) in [5.74, 6) is 1.59. The SMILES string of the molecule is O=C(CN1CCN(c2ccc(O)cc2)CC1)N1CCC(c2nc3ccccc3o2)CC1. The molecule has 3 aromatic rings. The van der Waals surface area contributed by atoms with Crippen molar-refractivity contribution in [1.82, 2.24) is 14.8 Å². The van der Waals surface area contributed by atoms with E-state index in [1.165, 1.54) is 0 Å². The predicted octanol–water partition coefficient (Wildman–Crippen LogP) is 3.06. The number of anilines is 1. The first-order chi connectivity index (χ1) is 15.2. The van der Waals surface area contributed by atoms with E-state index < -0.39 is 0 Å². The summed E-state index contributed by atoms with van der Waals surface area (Å²) in [6.45, 7) is 5.51. The van der Waals surface area contributed by atoms with E-state index in [0.29, 0.717) is 6.54 Å². The van der Waals surface area contributed by atoms with Gasteiger partial charge in [-0.2, -0.15) is 0 Å². The van der Waals surface area contributed by atoms with Crippen LogP contribution in [-0.2, 0) is 4.79 Å². The molecule has 2 saturated heterocycles. The van der Waals surface area contributed by atoms with Crippen LogP contribution in [0.25, 0.3) is 11.1 Å². The lowest BCUT2D eigenvalue weighted by Gasteiger charge is -2.37. The summed E-state index contributed by atoms with van der Waals surface area (Å²) >= 11 is 0. The summed E-state index contributed by atoms with van der Waals surface area (Å²) < 4.78 is 5.94. The highest BCUT2D eigenvalue weighted by molar-refractivity contribution is 5.78. The summed E-state index contributed by atoms with van der Waals surface area (Å²) in [7, 11) is 0. The third kappa shape index (κ3) is 4.37. The number of benzene rings is 2. The molecule has 1 amide bonds. The number of aromatic hydroxyl groups is 1. The Kier molecular flexibility index (Phi) is 5.51. The smallest absolute Gasteiger partial charge is 0.236 e. The molecule has 2 aliphatic rings. The number of hydrogen-bond donors (Lipinski definition) is 1. The van der Waals surface area contributed by atoms with Crippen molar-refractivity contribution in [2.45, 2.75) is 18.8 Å². The van der Waals surface area contributed by atoms with Gasteiger partial charge in [0.1, 0.15) is 11.3 Å². The highest BCUT2D eigenvalue weighted by Crippen LogP contribution is 2.30. The van der Waals surface area contributed by atoms with Gasteiger partial charge in [-0.25, -0.2) is 4.98 Å². The fourth-order valence-electron chi connectivity index (χ4n) is 4.56. The monoisotopic (exact) mass is 420 g/mol. The number of para-hydroxylation sites is 2. The number of phenolic OH excluding ortho intramolecular Hbond substituents is 1. The van der Waals surface area contributed by atoms with E-state index in [4.69, 9.17) is 4.42 Å². The number of piperidine rings is 1. The van der Waals surface area contributed by atoms with Crippen LogP contribution >= 0.6 is 0 Å². The molecule has 0 saturated carbocycles. The van der Waals surface area contributed by atoms with E-state index in [-0.39, 0.29) is 17.6 Å². The number of fused-ring (bicyclic) bond motifs is 1. The maximum atomic E-state index is 12.8. The van der Waals surface area contributed by atoms with Crippen molar-refractivity contribution < 1.29 is 14.3 Å². The quantitative estimate of drug-likeness (QED) is 0.699. The van der Waals surface area contributed by atoms with Crippen LogP contribution in [0.3, 0.4) is 0 Å². The zero-order chi connectivity index (χ0) is 21.2. The number of hydrogen-bond acceptors (Lipinski definition) is 6. The highest BCUT2D eigenvalue weighted by Gasteiger charge is 2.28. The number of phenols is 1. The molecular formula is C24H28N4O3. The van der Waals surface area contributed by atoms with Gasteiger partial charge in [-0.15, -0.1) is 0 Å². The summed E-state index contributed by atoms with van der Waals surface area (Å²) in [5.41, 5.74) is 2.86. The molecule has 2 aliphatic heterocycles. The van der Waals surface area contributed by atoms with Crippen LogP contribution in [0, 0.1) is 0 Å². The molecule has 31 heavy (non-hydrogen) atoms. The van der Waals surface area contributed by atoms with Gasteiger partial charge in [0.05, 0.1) is 6.54 Å². The number of likely N-dealkylation sites (tertiary alicyclic amines) is 1. The molecular weight excluding hydrogens is 392 g/mol. The van der Waals surface area contributed by atoms with Gasteiger partial charge in [0.25, 0.3) is 0 Å². The van der Waals surface area contributed by atoms with Crippen LogP contribution < -0.4 is 4.90 Å². The Hall–Kier alpha value is -3.06. The second kappa shape index (κ2) is 8.59. The molecule has 5 rings (SSSR count). The normalized spacial score (nSPS) is 18.6. The second-order valence-corrected chi connectivity index (χ2v) is 8.45. The Bertz CT molecular complexity index is 999. The average molecular weight is 421 g/mol. The molecule has 7 nitrogen and oxygen atoms in total. The molecule has 0 spiro atoms. The zero-order valence-corrected chi connectivity index (χ0v) is 17.6. The lowest BCUT2D eigenvalue weighted by Crippen LogP contribution is -2.51. The van der Waals surface area contributed by atoms with E-state index in [9.17, 15) is 9.90 Å². The van der Waals surface area contributed by atoms with Gasteiger partial charge in [0.15, 0.2) is 11.5 Å². The number of carbonyl (C=O) groups excluding carboxylic acids is 1. The van der Waals surface area contributed by atoms with E-state index in [1.807, 2.05) is 41.3 Å². The van der Waals surface area contributed by atoms with Crippen LogP contribution in [0.15, 0.2) is 52.9 Å². The average Bonchev–Trinajstić information content (AvgIpc) is 3.25. The van der Waals surface area contributed by atoms with Crippen LogP contribution in [0.5, 0.6) is 5.75 Å². The molecule has 7 heteroatoms. The van der Waals surface area contributed by atoms with E-state index >= 15 is 0 Å². The Morgan fingerprint density at radius 3 is 2.39 bits per heavy atom. The van der Waals surface area contributed by atoms with Crippen molar-refractivity contribution >= 4 is 22.7 Å². The Morgan fingerprint density at radius 1 is 0.968 bits per heavy atom. The highest BCUT2D eigenvalue weighted by atomic mass is 16.3.